The molecule has 1 aliphatic heterocycles. The average Bonchev–Trinajstić information content (AvgIpc) is 3.30. The van der Waals surface area contributed by atoms with E-state index < -0.39 is 67.4 Å². The topological polar surface area (TPSA) is 175 Å². The summed E-state index contributed by atoms with van der Waals surface area (Å²) in [4.78, 5) is 26.3. The number of rotatable bonds is 45. The van der Waals surface area contributed by atoms with E-state index in [2.05, 4.69) is 38.2 Å². The van der Waals surface area contributed by atoms with Gasteiger partial charge >= 0.3 is 5.97 Å². The lowest BCUT2D eigenvalue weighted by atomic mass is 9.99. The number of hydrogen-bond donors (Lipinski definition) is 6. The molecule has 1 amide bonds. The first-order valence-corrected chi connectivity index (χ1v) is 27.1. The molecule has 11 heteroatoms. The highest BCUT2D eigenvalue weighted by Gasteiger charge is 2.47. The van der Waals surface area contributed by atoms with E-state index >= 15 is 0 Å². The van der Waals surface area contributed by atoms with Gasteiger partial charge in [0.2, 0.25) is 5.91 Å². The van der Waals surface area contributed by atoms with Gasteiger partial charge < -0.3 is 45.1 Å². The number of allylic oxidation sites excluding steroid dienone is 3. The van der Waals surface area contributed by atoms with Crippen molar-refractivity contribution in [2.24, 2.45) is 0 Å². The molecule has 382 valence electrons. The van der Waals surface area contributed by atoms with Gasteiger partial charge in [-0.3, -0.25) is 9.59 Å². The first-order valence-electron chi connectivity index (χ1n) is 27.1. The zero-order chi connectivity index (χ0) is 47.6. The van der Waals surface area contributed by atoms with Crippen molar-refractivity contribution in [3.05, 3.63) is 24.3 Å². The summed E-state index contributed by atoms with van der Waals surface area (Å²) in [5, 5.41) is 56.6. The Hall–Kier alpha value is -1.86. The molecule has 1 fully saturated rings. The van der Waals surface area contributed by atoms with Crippen LogP contribution in [0.15, 0.2) is 24.3 Å². The number of carbonyl (C=O) groups excluding carboxylic acids is 2. The largest absolute Gasteiger partial charge is 0.454 e. The standard InChI is InChI=1S/C54H101NO10/c1-4-7-10-13-16-19-22-23-24-25-27-30-33-36-39-42-49(59)65-52-51(61)50(60)48(43-56)64-54(52)63-44-45(46(57)40-37-34-31-29-26-20-17-14-11-8-5-2)55-53(62)47(58)41-38-35-32-28-21-18-15-12-9-6-3/h19,22,37,40,45-48,50-52,54,56-58,60-61H,4-18,20-21,23-36,38-39,41-44H2,1-3H3,(H,55,62)/b22-19-,40-37+. The third-order valence-corrected chi connectivity index (χ3v) is 12.9. The highest BCUT2D eigenvalue weighted by atomic mass is 16.7. The summed E-state index contributed by atoms with van der Waals surface area (Å²) >= 11 is 0. The number of nitrogens with one attached hydrogen (secondary N) is 1. The molecule has 0 aromatic carbocycles. The van der Waals surface area contributed by atoms with Crippen molar-refractivity contribution >= 4 is 11.9 Å². The van der Waals surface area contributed by atoms with Gasteiger partial charge in [0.15, 0.2) is 12.4 Å². The maximum Gasteiger partial charge on any atom is 0.306 e. The van der Waals surface area contributed by atoms with E-state index in [1.54, 1.807) is 6.08 Å². The molecular weight excluding hydrogens is 823 g/mol. The Morgan fingerprint density at radius 3 is 1.51 bits per heavy atom. The fraction of sp³-hybridized carbons (Fsp3) is 0.889. The number of hydrogen-bond acceptors (Lipinski definition) is 10. The first kappa shape index (κ1) is 61.2. The smallest absolute Gasteiger partial charge is 0.306 e. The summed E-state index contributed by atoms with van der Waals surface area (Å²) < 4.78 is 17.5. The molecule has 1 saturated heterocycles. The van der Waals surface area contributed by atoms with Crippen molar-refractivity contribution in [3.8, 4) is 0 Å². The lowest BCUT2D eigenvalue weighted by Gasteiger charge is -2.41. The summed E-state index contributed by atoms with van der Waals surface area (Å²) in [5.41, 5.74) is 0. The molecule has 0 radical (unpaired) electrons. The van der Waals surface area contributed by atoms with Crippen LogP contribution in [-0.4, -0.2) is 99.6 Å². The quantitative estimate of drug-likeness (QED) is 0.0196. The Labute approximate surface area is 397 Å². The summed E-state index contributed by atoms with van der Waals surface area (Å²) in [6, 6.07) is -1.02. The van der Waals surface area contributed by atoms with Crippen molar-refractivity contribution in [3.63, 3.8) is 0 Å². The second-order valence-electron chi connectivity index (χ2n) is 19.0. The predicted molar refractivity (Wildman–Crippen MR) is 264 cm³/mol. The fourth-order valence-electron chi connectivity index (χ4n) is 8.47. The van der Waals surface area contributed by atoms with Gasteiger partial charge in [-0.1, -0.05) is 212 Å². The summed E-state index contributed by atoms with van der Waals surface area (Å²) in [7, 11) is 0. The first-order chi connectivity index (χ1) is 31.7. The highest BCUT2D eigenvalue weighted by molar-refractivity contribution is 5.80. The zero-order valence-electron chi connectivity index (χ0n) is 41.9. The highest BCUT2D eigenvalue weighted by Crippen LogP contribution is 2.26. The number of esters is 1. The molecule has 0 aromatic heterocycles. The molecule has 8 unspecified atom stereocenters. The van der Waals surface area contributed by atoms with Crippen molar-refractivity contribution < 1.29 is 49.3 Å². The Balaban J connectivity index is 2.74. The van der Waals surface area contributed by atoms with E-state index in [1.807, 2.05) is 6.08 Å². The van der Waals surface area contributed by atoms with Crippen LogP contribution in [0.5, 0.6) is 0 Å². The van der Waals surface area contributed by atoms with E-state index in [1.165, 1.54) is 128 Å². The number of unbranched alkanes of at least 4 members (excludes halogenated alkanes) is 29. The Kier molecular flexibility index (Phi) is 40.9. The molecule has 1 rings (SSSR count). The SMILES string of the molecule is CCCCCC/C=C\CCCCCCCCCC(=O)OC1C(OCC(NC(=O)C(O)CCCCCCCCCCCC)C(O)/C=C/CCCCCCCCCCC)OC(CO)C(O)C1O. The number of aliphatic hydroxyl groups excluding tert-OH is 5. The third-order valence-electron chi connectivity index (χ3n) is 12.9. The van der Waals surface area contributed by atoms with Crippen LogP contribution in [0.2, 0.25) is 0 Å². The number of carbonyl (C=O) groups is 2. The zero-order valence-corrected chi connectivity index (χ0v) is 41.9. The normalized spacial score (nSPS) is 20.4. The monoisotopic (exact) mass is 924 g/mol. The van der Waals surface area contributed by atoms with Crippen LogP contribution in [0, 0.1) is 0 Å². The van der Waals surface area contributed by atoms with Crippen LogP contribution in [0.3, 0.4) is 0 Å². The van der Waals surface area contributed by atoms with Gasteiger partial charge in [-0.15, -0.1) is 0 Å². The number of aliphatic hydroxyl groups is 5. The van der Waals surface area contributed by atoms with Crippen LogP contribution in [0.4, 0.5) is 0 Å². The Morgan fingerprint density at radius 1 is 0.585 bits per heavy atom. The second kappa shape index (κ2) is 43.4. The van der Waals surface area contributed by atoms with Gasteiger partial charge in [0.05, 0.1) is 25.4 Å². The Morgan fingerprint density at radius 2 is 1.02 bits per heavy atom. The van der Waals surface area contributed by atoms with E-state index in [-0.39, 0.29) is 13.0 Å². The van der Waals surface area contributed by atoms with Crippen molar-refractivity contribution in [2.75, 3.05) is 13.2 Å². The van der Waals surface area contributed by atoms with Gasteiger partial charge in [0.25, 0.3) is 0 Å². The van der Waals surface area contributed by atoms with Crippen LogP contribution in [0.25, 0.3) is 0 Å². The molecule has 0 spiro atoms. The lowest BCUT2D eigenvalue weighted by molar-refractivity contribution is -0.305. The lowest BCUT2D eigenvalue weighted by Crippen LogP contribution is -2.61. The van der Waals surface area contributed by atoms with Gasteiger partial charge in [0.1, 0.15) is 24.4 Å². The molecular formula is C54H101NO10. The minimum absolute atomic E-state index is 0.122. The summed E-state index contributed by atoms with van der Waals surface area (Å²) in [5.74, 6) is -1.19. The molecule has 1 heterocycles. The van der Waals surface area contributed by atoms with Crippen LogP contribution in [0.1, 0.15) is 245 Å². The summed E-state index contributed by atoms with van der Waals surface area (Å²) in [6.07, 6.45) is 36.6. The minimum Gasteiger partial charge on any atom is -0.454 e. The van der Waals surface area contributed by atoms with E-state index in [0.29, 0.717) is 19.3 Å². The number of ether oxygens (including phenoxy) is 3. The molecule has 8 atom stereocenters. The van der Waals surface area contributed by atoms with Gasteiger partial charge in [-0.2, -0.15) is 0 Å². The van der Waals surface area contributed by atoms with Crippen molar-refractivity contribution in [1.29, 1.82) is 0 Å². The molecule has 0 saturated carbocycles. The molecule has 0 aromatic rings. The molecule has 1 aliphatic rings. The van der Waals surface area contributed by atoms with E-state index in [9.17, 15) is 35.1 Å². The second-order valence-corrected chi connectivity index (χ2v) is 19.0. The van der Waals surface area contributed by atoms with Gasteiger partial charge in [-0.25, -0.2) is 0 Å². The number of amides is 1. The third kappa shape index (κ3) is 32.5. The van der Waals surface area contributed by atoms with E-state index in [4.69, 9.17) is 14.2 Å². The molecule has 11 nitrogen and oxygen atoms in total. The average molecular weight is 924 g/mol. The van der Waals surface area contributed by atoms with Crippen LogP contribution < -0.4 is 5.32 Å². The maximum absolute atomic E-state index is 13.3. The van der Waals surface area contributed by atoms with Crippen LogP contribution >= 0.6 is 0 Å². The molecule has 0 bridgehead atoms. The summed E-state index contributed by atoms with van der Waals surface area (Å²) in [6.45, 7) is 5.73. The molecule has 65 heavy (non-hydrogen) atoms. The van der Waals surface area contributed by atoms with E-state index in [0.717, 1.165) is 70.6 Å². The van der Waals surface area contributed by atoms with Crippen molar-refractivity contribution in [2.45, 2.75) is 294 Å². The Bertz CT molecular complexity index is 1150. The van der Waals surface area contributed by atoms with Crippen LogP contribution in [-0.2, 0) is 23.8 Å². The molecule has 6 N–H and O–H groups in total. The fourth-order valence-corrected chi connectivity index (χ4v) is 8.47. The predicted octanol–water partition coefficient (Wildman–Crippen LogP) is 11.4. The maximum atomic E-state index is 13.3. The van der Waals surface area contributed by atoms with Gasteiger partial charge in [-0.05, 0) is 51.4 Å². The molecule has 0 aliphatic carbocycles. The van der Waals surface area contributed by atoms with Crippen molar-refractivity contribution in [1.82, 2.24) is 5.32 Å². The van der Waals surface area contributed by atoms with Gasteiger partial charge in [0, 0.05) is 6.42 Å². The minimum atomic E-state index is -1.61.